The number of hydrogen-bond acceptors (Lipinski definition) is 6. The molecule has 4 aromatic carbocycles. The number of hydrazone groups is 2. The van der Waals surface area contributed by atoms with Crippen LogP contribution in [0.25, 0.3) is 0 Å². The van der Waals surface area contributed by atoms with E-state index in [1.54, 1.807) is 24.3 Å². The average molecular weight is 578 g/mol. The van der Waals surface area contributed by atoms with Crippen LogP contribution in [0.4, 0.5) is 11.4 Å². The summed E-state index contributed by atoms with van der Waals surface area (Å²) in [5.41, 5.74) is 4.68. The van der Waals surface area contributed by atoms with Crippen LogP contribution in [0.15, 0.2) is 107 Å². The smallest absolute Gasteiger partial charge is 0.234 e. The van der Waals surface area contributed by atoms with Crippen LogP contribution in [-0.4, -0.2) is 16.5 Å². The molecule has 0 aliphatic carbocycles. The van der Waals surface area contributed by atoms with Gasteiger partial charge in [0.2, 0.25) is 4.99 Å². The lowest BCUT2D eigenvalue weighted by atomic mass is 9.93. The number of benzene rings is 4. The van der Waals surface area contributed by atoms with Crippen LogP contribution in [-0.2, 0) is 9.79 Å². The van der Waals surface area contributed by atoms with Gasteiger partial charge in [0, 0.05) is 33.7 Å². The molecule has 0 fully saturated rings. The quantitative estimate of drug-likeness (QED) is 0.245. The first-order chi connectivity index (χ1) is 18.4. The van der Waals surface area contributed by atoms with Crippen molar-refractivity contribution in [2.45, 2.75) is 11.9 Å². The molecule has 0 N–H and O–H groups in total. The summed E-state index contributed by atoms with van der Waals surface area (Å²) in [4.78, 5) is 11.7. The molecule has 0 saturated carbocycles. The molecule has 5 nitrogen and oxygen atoms in total. The van der Waals surface area contributed by atoms with Crippen LogP contribution in [0, 0.1) is 0 Å². The van der Waals surface area contributed by atoms with E-state index in [0.717, 1.165) is 22.5 Å². The molecule has 38 heavy (non-hydrogen) atoms. The zero-order valence-corrected chi connectivity index (χ0v) is 23.1. The molecular weight excluding hydrogens is 559 g/mol. The summed E-state index contributed by atoms with van der Waals surface area (Å²) < 4.78 is 0. The van der Waals surface area contributed by atoms with Crippen LogP contribution < -0.4 is 10.0 Å². The predicted octanol–water partition coefficient (Wildman–Crippen LogP) is 8.19. The molecule has 2 heterocycles. The second-order valence-electron chi connectivity index (χ2n) is 8.73. The maximum absolute atomic E-state index is 12.7. The molecule has 0 saturated heterocycles. The molecule has 0 amide bonds. The third kappa shape index (κ3) is 4.09. The van der Waals surface area contributed by atoms with Crippen molar-refractivity contribution in [1.29, 1.82) is 0 Å². The molecule has 6 rings (SSSR count). The van der Waals surface area contributed by atoms with Crippen LogP contribution in [0.3, 0.4) is 0 Å². The Balaban J connectivity index is 1.68. The van der Waals surface area contributed by atoms with Gasteiger partial charge in [-0.2, -0.15) is 10.2 Å². The van der Waals surface area contributed by atoms with Crippen molar-refractivity contribution in [2.24, 2.45) is 10.2 Å². The molecule has 2 aliphatic heterocycles. The van der Waals surface area contributed by atoms with Gasteiger partial charge in [0.15, 0.2) is 10.8 Å². The molecule has 4 aromatic rings. The number of carbonyl (C=O) groups excluding carboxylic acids is 1. The molecule has 1 spiro atoms. The summed E-state index contributed by atoms with van der Waals surface area (Å²) in [7, 11) is 0. The predicted molar refractivity (Wildman–Crippen MR) is 159 cm³/mol. The number of ketones is 1. The van der Waals surface area contributed by atoms with Crippen molar-refractivity contribution < 1.29 is 4.79 Å². The standard InChI is InChI=1S/C29H19Cl3N4OS/c1-18(37)28-34-36(22-14-11-19(30)12-15-22)29(38-28)25-10-6-5-9-23(25)27(24-17-20(31)13-16-26(24)32)33-35(29)21-7-3-2-4-8-21/h2-17H,1H3/t29-/m0/s1. The number of anilines is 2. The maximum atomic E-state index is 12.7. The van der Waals surface area contributed by atoms with E-state index >= 15 is 0 Å². The largest absolute Gasteiger partial charge is 0.292 e. The number of carbonyl (C=O) groups is 1. The lowest BCUT2D eigenvalue weighted by Gasteiger charge is -2.47. The third-order valence-corrected chi connectivity index (χ3v) is 8.52. The van der Waals surface area contributed by atoms with E-state index in [1.807, 2.05) is 82.8 Å². The van der Waals surface area contributed by atoms with E-state index in [-0.39, 0.29) is 5.78 Å². The van der Waals surface area contributed by atoms with Crippen molar-refractivity contribution in [2.75, 3.05) is 10.0 Å². The molecule has 188 valence electrons. The fourth-order valence-electron chi connectivity index (χ4n) is 4.61. The van der Waals surface area contributed by atoms with Gasteiger partial charge in [-0.05, 0) is 66.4 Å². The lowest BCUT2D eigenvalue weighted by Crippen LogP contribution is -2.54. The minimum atomic E-state index is -1.05. The summed E-state index contributed by atoms with van der Waals surface area (Å²) >= 11 is 20.7. The van der Waals surface area contributed by atoms with Crippen LogP contribution in [0.5, 0.6) is 0 Å². The zero-order valence-electron chi connectivity index (χ0n) is 20.0. The number of rotatable bonds is 4. The van der Waals surface area contributed by atoms with Gasteiger partial charge in [-0.1, -0.05) is 77.3 Å². The van der Waals surface area contributed by atoms with Gasteiger partial charge in [-0.3, -0.25) is 4.79 Å². The third-order valence-electron chi connectivity index (χ3n) is 6.29. The molecule has 1 atom stereocenters. The molecule has 0 aromatic heterocycles. The van der Waals surface area contributed by atoms with Crippen molar-refractivity contribution in [1.82, 2.24) is 0 Å². The summed E-state index contributed by atoms with van der Waals surface area (Å²) in [6, 6.07) is 30.5. The van der Waals surface area contributed by atoms with E-state index in [2.05, 4.69) is 0 Å². The Morgan fingerprint density at radius 1 is 0.737 bits per heavy atom. The summed E-state index contributed by atoms with van der Waals surface area (Å²) in [6.45, 7) is 1.52. The van der Waals surface area contributed by atoms with Gasteiger partial charge in [-0.25, -0.2) is 10.0 Å². The second kappa shape index (κ2) is 9.79. The summed E-state index contributed by atoms with van der Waals surface area (Å²) in [6.07, 6.45) is 0. The highest BCUT2D eigenvalue weighted by atomic mass is 35.5. The number of halogens is 3. The second-order valence-corrected chi connectivity index (χ2v) is 11.2. The zero-order chi connectivity index (χ0) is 26.4. The lowest BCUT2D eigenvalue weighted by molar-refractivity contribution is -0.110. The Morgan fingerprint density at radius 2 is 1.37 bits per heavy atom. The van der Waals surface area contributed by atoms with E-state index < -0.39 is 4.99 Å². The Labute approximate surface area is 239 Å². The van der Waals surface area contributed by atoms with Crippen molar-refractivity contribution >= 4 is 74.5 Å². The average Bonchev–Trinajstić information content (AvgIpc) is 3.33. The van der Waals surface area contributed by atoms with Crippen LogP contribution in [0.1, 0.15) is 23.6 Å². The van der Waals surface area contributed by atoms with Crippen LogP contribution in [0.2, 0.25) is 15.1 Å². The highest BCUT2D eigenvalue weighted by molar-refractivity contribution is 8.17. The highest BCUT2D eigenvalue weighted by Gasteiger charge is 2.55. The van der Waals surface area contributed by atoms with Crippen molar-refractivity contribution in [3.8, 4) is 0 Å². The summed E-state index contributed by atoms with van der Waals surface area (Å²) in [5.74, 6) is -0.135. The fraction of sp³-hybridized carbons (Fsp3) is 0.0690. The number of thioether (sulfide) groups is 1. The Hall–Kier alpha value is -3.29. The number of hydrogen-bond donors (Lipinski definition) is 0. The summed E-state index contributed by atoms with van der Waals surface area (Å²) in [5, 5.41) is 15.9. The Morgan fingerprint density at radius 3 is 2.11 bits per heavy atom. The number of para-hydroxylation sites is 1. The molecule has 0 unspecified atom stereocenters. The highest BCUT2D eigenvalue weighted by Crippen LogP contribution is 2.55. The molecule has 2 aliphatic rings. The number of nitrogens with zero attached hydrogens (tertiary/aromatic N) is 4. The normalized spacial score (nSPS) is 18.3. The molecule has 0 radical (unpaired) electrons. The first-order valence-electron chi connectivity index (χ1n) is 11.7. The van der Waals surface area contributed by atoms with Gasteiger partial charge in [0.1, 0.15) is 5.71 Å². The SMILES string of the molecule is CC(=O)C1=NN(c2ccc(Cl)cc2)[C@]2(S1)c1ccccc1C(c1cc(Cl)ccc1Cl)=NN2c1ccccc1. The topological polar surface area (TPSA) is 48.3 Å². The first-order valence-corrected chi connectivity index (χ1v) is 13.7. The van der Waals surface area contributed by atoms with Gasteiger partial charge >= 0.3 is 0 Å². The van der Waals surface area contributed by atoms with Gasteiger partial charge < -0.3 is 0 Å². The minimum absolute atomic E-state index is 0.135. The van der Waals surface area contributed by atoms with Crippen molar-refractivity contribution in [3.05, 3.63) is 129 Å². The number of Topliss-reactive ketones (excluding diaryl/α,β-unsaturated/α-hetero) is 1. The Kier molecular flexibility index (Phi) is 6.44. The van der Waals surface area contributed by atoms with Gasteiger partial charge in [0.05, 0.1) is 16.4 Å². The molecule has 9 heteroatoms. The minimum Gasteiger partial charge on any atom is -0.292 e. The molecule has 0 bridgehead atoms. The molecular formula is C29H19Cl3N4OS. The monoisotopic (exact) mass is 576 g/mol. The van der Waals surface area contributed by atoms with Gasteiger partial charge in [0.25, 0.3) is 0 Å². The maximum Gasteiger partial charge on any atom is 0.234 e. The Bertz CT molecular complexity index is 1620. The van der Waals surface area contributed by atoms with E-state index in [0.29, 0.717) is 31.4 Å². The van der Waals surface area contributed by atoms with Gasteiger partial charge in [-0.15, -0.1) is 0 Å². The van der Waals surface area contributed by atoms with Crippen molar-refractivity contribution in [3.63, 3.8) is 0 Å². The fourth-order valence-corrected chi connectivity index (χ4v) is 6.40. The number of fused-ring (bicyclic) bond motifs is 2. The van der Waals surface area contributed by atoms with E-state index in [1.165, 1.54) is 18.7 Å². The van der Waals surface area contributed by atoms with E-state index in [9.17, 15) is 4.79 Å². The van der Waals surface area contributed by atoms with E-state index in [4.69, 9.17) is 45.0 Å². The first kappa shape index (κ1) is 25.0. The van der Waals surface area contributed by atoms with Crippen LogP contribution >= 0.6 is 46.6 Å².